The van der Waals surface area contributed by atoms with Gasteiger partial charge in [0, 0.05) is 0 Å². The van der Waals surface area contributed by atoms with E-state index in [0.29, 0.717) is 5.41 Å². The van der Waals surface area contributed by atoms with Crippen LogP contribution >= 0.6 is 0 Å². The van der Waals surface area contributed by atoms with Crippen molar-refractivity contribution in [3.8, 4) is 0 Å². The van der Waals surface area contributed by atoms with Gasteiger partial charge in [-0.1, -0.05) is 47.5 Å². The van der Waals surface area contributed by atoms with Crippen LogP contribution in [0.5, 0.6) is 0 Å². The van der Waals surface area contributed by atoms with E-state index in [-0.39, 0.29) is 0 Å². The van der Waals surface area contributed by atoms with Crippen molar-refractivity contribution in [2.24, 2.45) is 23.2 Å². The van der Waals surface area contributed by atoms with E-state index in [0.717, 1.165) is 17.8 Å². The fourth-order valence-electron chi connectivity index (χ4n) is 3.41. The molecule has 0 aromatic rings. The summed E-state index contributed by atoms with van der Waals surface area (Å²) in [6.07, 6.45) is 5.73. The lowest BCUT2D eigenvalue weighted by Crippen LogP contribution is -2.36. The summed E-state index contributed by atoms with van der Waals surface area (Å²) in [5, 5.41) is 0. The molecule has 1 fully saturated rings. The first kappa shape index (κ1) is 11.1. The van der Waals surface area contributed by atoms with Crippen molar-refractivity contribution in [3.63, 3.8) is 0 Å². The normalized spacial score (nSPS) is 41.1. The maximum absolute atomic E-state index is 2.51. The van der Waals surface area contributed by atoms with Crippen LogP contribution in [0.1, 0.15) is 60.3 Å². The van der Waals surface area contributed by atoms with E-state index in [9.17, 15) is 0 Å². The van der Waals surface area contributed by atoms with Crippen LogP contribution in [0, 0.1) is 23.2 Å². The average Bonchev–Trinajstić information content (AvgIpc) is 2.03. The predicted octanol–water partition coefficient (Wildman–Crippen LogP) is 4.49. The summed E-state index contributed by atoms with van der Waals surface area (Å²) in [7, 11) is 0. The van der Waals surface area contributed by atoms with Gasteiger partial charge in [0.2, 0.25) is 0 Å². The molecule has 0 heterocycles. The lowest BCUT2D eigenvalue weighted by atomic mass is 9.60. The zero-order valence-electron chi connectivity index (χ0n) is 10.1. The number of hydrogen-bond acceptors (Lipinski definition) is 0. The van der Waals surface area contributed by atoms with Crippen LogP contribution in [0.2, 0.25) is 0 Å². The molecule has 1 aliphatic rings. The van der Waals surface area contributed by atoms with Crippen LogP contribution in [-0.2, 0) is 0 Å². The summed E-state index contributed by atoms with van der Waals surface area (Å²) in [5.74, 6) is 2.80. The van der Waals surface area contributed by atoms with Crippen LogP contribution in [0.25, 0.3) is 0 Å². The van der Waals surface area contributed by atoms with Gasteiger partial charge in [-0.3, -0.25) is 0 Å². The van der Waals surface area contributed by atoms with Gasteiger partial charge >= 0.3 is 0 Å². The summed E-state index contributed by atoms with van der Waals surface area (Å²) in [4.78, 5) is 0. The molecule has 3 atom stereocenters. The Labute approximate surface area is 84.1 Å². The fourth-order valence-corrected chi connectivity index (χ4v) is 3.41. The molecule has 1 unspecified atom stereocenters. The molecule has 1 aliphatic carbocycles. The second-order valence-corrected chi connectivity index (χ2v) is 5.74. The highest BCUT2D eigenvalue weighted by Crippen LogP contribution is 2.48. The molecule has 0 aliphatic heterocycles. The molecule has 0 spiro atoms. The molecule has 13 heavy (non-hydrogen) atoms. The standard InChI is InChI=1S/C13H26/c1-6-13(5)9-11(4)7-8-12(13)10(2)3/h10-12H,6-9H2,1-5H3/t11-,12+,13?/m1/s1. The van der Waals surface area contributed by atoms with Crippen LogP contribution in [0.3, 0.4) is 0 Å². The van der Waals surface area contributed by atoms with Gasteiger partial charge < -0.3 is 0 Å². The summed E-state index contributed by atoms with van der Waals surface area (Å²) in [6, 6.07) is 0. The van der Waals surface area contributed by atoms with Gasteiger partial charge in [-0.25, -0.2) is 0 Å². The van der Waals surface area contributed by atoms with Gasteiger partial charge in [0.25, 0.3) is 0 Å². The summed E-state index contributed by atoms with van der Waals surface area (Å²) in [5.41, 5.74) is 0.631. The Bertz CT molecular complexity index is 159. The van der Waals surface area contributed by atoms with Gasteiger partial charge in [-0.05, 0) is 36.0 Å². The first-order chi connectivity index (χ1) is 5.99. The molecule has 0 aromatic heterocycles. The molecule has 78 valence electrons. The Balaban J connectivity index is 2.72. The average molecular weight is 182 g/mol. The minimum atomic E-state index is 0.631. The maximum Gasteiger partial charge on any atom is -0.0295 e. The van der Waals surface area contributed by atoms with Crippen LogP contribution in [0.15, 0.2) is 0 Å². The minimum Gasteiger partial charge on any atom is -0.0649 e. The lowest BCUT2D eigenvalue weighted by molar-refractivity contribution is 0.0454. The molecule has 1 rings (SSSR count). The zero-order chi connectivity index (χ0) is 10.1. The van der Waals surface area contributed by atoms with Crippen molar-refractivity contribution in [1.29, 1.82) is 0 Å². The molecule has 0 radical (unpaired) electrons. The highest BCUT2D eigenvalue weighted by atomic mass is 14.4. The Kier molecular flexibility index (Phi) is 3.43. The fraction of sp³-hybridized carbons (Fsp3) is 1.00. The van der Waals surface area contributed by atoms with Crippen molar-refractivity contribution >= 4 is 0 Å². The third kappa shape index (κ3) is 2.27. The van der Waals surface area contributed by atoms with E-state index in [2.05, 4.69) is 34.6 Å². The van der Waals surface area contributed by atoms with Crippen molar-refractivity contribution < 1.29 is 0 Å². The second-order valence-electron chi connectivity index (χ2n) is 5.74. The molecule has 0 nitrogen and oxygen atoms in total. The smallest absolute Gasteiger partial charge is 0.0295 e. The quantitative estimate of drug-likeness (QED) is 0.590. The highest BCUT2D eigenvalue weighted by molar-refractivity contribution is 4.88. The third-order valence-electron chi connectivity index (χ3n) is 4.29. The molecular formula is C13H26. The van der Waals surface area contributed by atoms with E-state index in [1.54, 1.807) is 0 Å². The molecular weight excluding hydrogens is 156 g/mol. The van der Waals surface area contributed by atoms with E-state index in [1.807, 2.05) is 0 Å². The molecule has 1 saturated carbocycles. The van der Waals surface area contributed by atoms with Crippen LogP contribution < -0.4 is 0 Å². The lowest BCUT2D eigenvalue weighted by Gasteiger charge is -2.46. The molecule has 0 amide bonds. The van der Waals surface area contributed by atoms with E-state index >= 15 is 0 Å². The molecule has 0 bridgehead atoms. The molecule has 0 N–H and O–H groups in total. The van der Waals surface area contributed by atoms with Crippen LogP contribution in [0.4, 0.5) is 0 Å². The first-order valence-corrected chi connectivity index (χ1v) is 5.99. The Hall–Kier alpha value is 0. The van der Waals surface area contributed by atoms with Crippen molar-refractivity contribution in [1.82, 2.24) is 0 Å². The van der Waals surface area contributed by atoms with E-state index in [4.69, 9.17) is 0 Å². The number of hydrogen-bond donors (Lipinski definition) is 0. The number of rotatable bonds is 2. The SMILES string of the molecule is CCC1(C)C[C@H](C)CC[C@H]1C(C)C. The molecule has 0 aromatic carbocycles. The first-order valence-electron chi connectivity index (χ1n) is 5.99. The van der Waals surface area contributed by atoms with Crippen molar-refractivity contribution in [2.75, 3.05) is 0 Å². The maximum atomic E-state index is 2.51. The summed E-state index contributed by atoms with van der Waals surface area (Å²) < 4.78 is 0. The Morgan fingerprint density at radius 2 is 1.92 bits per heavy atom. The van der Waals surface area contributed by atoms with Gasteiger partial charge in [-0.2, -0.15) is 0 Å². The summed E-state index contributed by atoms with van der Waals surface area (Å²) in [6.45, 7) is 12.1. The topological polar surface area (TPSA) is 0 Å². The van der Waals surface area contributed by atoms with Crippen molar-refractivity contribution in [2.45, 2.75) is 60.3 Å². The minimum absolute atomic E-state index is 0.631. The van der Waals surface area contributed by atoms with E-state index < -0.39 is 0 Å². The zero-order valence-corrected chi connectivity index (χ0v) is 10.1. The second kappa shape index (κ2) is 4.02. The van der Waals surface area contributed by atoms with Gasteiger partial charge in [0.1, 0.15) is 0 Å². The largest absolute Gasteiger partial charge is 0.0649 e. The van der Waals surface area contributed by atoms with Crippen molar-refractivity contribution in [3.05, 3.63) is 0 Å². The monoisotopic (exact) mass is 182 g/mol. The Morgan fingerprint density at radius 1 is 1.31 bits per heavy atom. The molecule has 0 saturated heterocycles. The Morgan fingerprint density at radius 3 is 2.38 bits per heavy atom. The summed E-state index contributed by atoms with van der Waals surface area (Å²) >= 11 is 0. The predicted molar refractivity (Wildman–Crippen MR) is 59.7 cm³/mol. The van der Waals surface area contributed by atoms with Gasteiger partial charge in [-0.15, -0.1) is 0 Å². The highest BCUT2D eigenvalue weighted by Gasteiger charge is 2.38. The molecule has 0 heteroatoms. The van der Waals surface area contributed by atoms with Crippen LogP contribution in [-0.4, -0.2) is 0 Å². The van der Waals surface area contributed by atoms with E-state index in [1.165, 1.54) is 25.7 Å². The third-order valence-corrected chi connectivity index (χ3v) is 4.29. The van der Waals surface area contributed by atoms with Gasteiger partial charge in [0.15, 0.2) is 0 Å². The van der Waals surface area contributed by atoms with Gasteiger partial charge in [0.05, 0.1) is 0 Å².